The number of carboxylic acid groups (broad SMARTS) is 1. The molecular formula is C18H22F3NO5. The first-order chi connectivity index (χ1) is 12.7. The van der Waals surface area contributed by atoms with E-state index in [9.17, 15) is 22.8 Å². The van der Waals surface area contributed by atoms with Gasteiger partial charge in [0.15, 0.2) is 6.10 Å². The predicted octanol–water partition coefficient (Wildman–Crippen LogP) is 2.96. The van der Waals surface area contributed by atoms with Crippen LogP contribution in [-0.4, -0.2) is 53.8 Å². The number of carbonyl (C=O) groups excluding carboxylic acids is 1. The molecule has 1 aromatic rings. The lowest BCUT2D eigenvalue weighted by atomic mass is 10.1. The number of hydrogen-bond donors (Lipinski definition) is 1. The molecule has 0 bridgehead atoms. The van der Waals surface area contributed by atoms with Crippen molar-refractivity contribution in [3.05, 3.63) is 29.8 Å². The van der Waals surface area contributed by atoms with Gasteiger partial charge in [-0.1, -0.05) is 12.1 Å². The number of hydrogen-bond acceptors (Lipinski definition) is 4. The van der Waals surface area contributed by atoms with Gasteiger partial charge in [-0.2, -0.15) is 13.2 Å². The smallest absolute Gasteiger partial charge is 0.419 e. The van der Waals surface area contributed by atoms with Crippen LogP contribution < -0.4 is 4.74 Å². The van der Waals surface area contributed by atoms with Gasteiger partial charge >= 0.3 is 12.1 Å². The van der Waals surface area contributed by atoms with Crippen molar-refractivity contribution in [2.45, 2.75) is 44.5 Å². The first-order valence-corrected chi connectivity index (χ1v) is 8.63. The van der Waals surface area contributed by atoms with Crippen LogP contribution in [0.5, 0.6) is 5.75 Å². The molecule has 1 aliphatic heterocycles. The number of benzene rings is 1. The van der Waals surface area contributed by atoms with E-state index in [4.69, 9.17) is 14.6 Å². The van der Waals surface area contributed by atoms with Crippen LogP contribution in [0.4, 0.5) is 13.2 Å². The number of nitrogens with zero attached hydrogens (tertiary/aromatic N) is 1. The fourth-order valence-corrected chi connectivity index (χ4v) is 2.96. The summed E-state index contributed by atoms with van der Waals surface area (Å²) in [6, 6.07) is 4.44. The predicted molar refractivity (Wildman–Crippen MR) is 89.3 cm³/mol. The van der Waals surface area contributed by atoms with E-state index in [1.54, 1.807) is 0 Å². The summed E-state index contributed by atoms with van der Waals surface area (Å²) in [5.41, 5.74) is -0.965. The fourth-order valence-electron chi connectivity index (χ4n) is 2.96. The van der Waals surface area contributed by atoms with Crippen molar-refractivity contribution in [1.29, 1.82) is 0 Å². The quantitative estimate of drug-likeness (QED) is 0.776. The Morgan fingerprint density at radius 2 is 1.93 bits per heavy atom. The van der Waals surface area contributed by atoms with E-state index in [1.807, 2.05) is 0 Å². The molecule has 1 atom stereocenters. The lowest BCUT2D eigenvalue weighted by Crippen LogP contribution is -2.49. The summed E-state index contributed by atoms with van der Waals surface area (Å²) in [5, 5.41) is 8.92. The lowest BCUT2D eigenvalue weighted by molar-refractivity contribution is -0.147. The number of ether oxygens (including phenoxy) is 2. The van der Waals surface area contributed by atoms with Gasteiger partial charge in [-0.15, -0.1) is 0 Å². The van der Waals surface area contributed by atoms with Gasteiger partial charge in [-0.25, -0.2) is 0 Å². The van der Waals surface area contributed by atoms with E-state index in [-0.39, 0.29) is 19.0 Å². The highest BCUT2D eigenvalue weighted by Gasteiger charge is 2.36. The van der Waals surface area contributed by atoms with Crippen LogP contribution in [0.1, 0.15) is 31.7 Å². The molecule has 1 amide bonds. The minimum absolute atomic E-state index is 0.0343. The monoisotopic (exact) mass is 389 g/mol. The standard InChI is InChI=1S/C18H22F3NO5/c1-12(27-15-5-3-2-4-14(15)18(19,20)21)17(25)22(9-6-16(23)24)13-7-10-26-11-8-13/h2-5,12-13H,6-11H2,1H3,(H,23,24)/t12-/m1/s1. The number of halogens is 3. The van der Waals surface area contributed by atoms with Crippen molar-refractivity contribution in [2.75, 3.05) is 19.8 Å². The Morgan fingerprint density at radius 1 is 1.30 bits per heavy atom. The van der Waals surface area contributed by atoms with E-state index >= 15 is 0 Å². The Kier molecular flexibility index (Phi) is 7.06. The van der Waals surface area contributed by atoms with Gasteiger partial charge in [0.25, 0.3) is 5.91 Å². The Morgan fingerprint density at radius 3 is 2.52 bits per heavy atom. The molecule has 0 unspecified atom stereocenters. The molecule has 150 valence electrons. The maximum atomic E-state index is 13.1. The minimum atomic E-state index is -4.61. The number of carboxylic acids is 1. The second kappa shape index (κ2) is 9.07. The van der Waals surface area contributed by atoms with Gasteiger partial charge in [0.05, 0.1) is 12.0 Å². The van der Waals surface area contributed by atoms with Gasteiger partial charge in [0.1, 0.15) is 5.75 Å². The van der Waals surface area contributed by atoms with Gasteiger partial charge in [0.2, 0.25) is 0 Å². The molecule has 0 aromatic heterocycles. The Balaban J connectivity index is 2.15. The molecule has 1 aromatic carbocycles. The Bertz CT molecular complexity index is 659. The molecule has 2 rings (SSSR count). The van der Waals surface area contributed by atoms with Crippen LogP contribution in [0.15, 0.2) is 24.3 Å². The zero-order chi connectivity index (χ0) is 20.0. The van der Waals surface area contributed by atoms with Gasteiger partial charge in [-0.3, -0.25) is 9.59 Å². The number of amides is 1. The molecule has 1 heterocycles. The van der Waals surface area contributed by atoms with Crippen LogP contribution in [-0.2, 0) is 20.5 Å². The molecule has 1 saturated heterocycles. The van der Waals surface area contributed by atoms with Crippen molar-refractivity contribution in [1.82, 2.24) is 4.90 Å². The zero-order valence-electron chi connectivity index (χ0n) is 14.9. The second-order valence-corrected chi connectivity index (χ2v) is 6.27. The van der Waals surface area contributed by atoms with Gasteiger partial charge < -0.3 is 19.5 Å². The van der Waals surface area contributed by atoms with Crippen LogP contribution in [0.3, 0.4) is 0 Å². The molecular weight excluding hydrogens is 367 g/mol. The zero-order valence-corrected chi connectivity index (χ0v) is 14.9. The Labute approximate surface area is 154 Å². The summed E-state index contributed by atoms with van der Waals surface area (Å²) in [7, 11) is 0. The van der Waals surface area contributed by atoms with E-state index in [0.717, 1.165) is 12.1 Å². The largest absolute Gasteiger partial charge is 0.481 e. The Hall–Kier alpha value is -2.29. The number of carbonyl (C=O) groups is 2. The summed E-state index contributed by atoms with van der Waals surface area (Å²) in [4.78, 5) is 25.1. The highest BCUT2D eigenvalue weighted by Crippen LogP contribution is 2.36. The molecule has 1 N–H and O–H groups in total. The van der Waals surface area contributed by atoms with E-state index in [1.165, 1.54) is 24.0 Å². The fraction of sp³-hybridized carbons (Fsp3) is 0.556. The minimum Gasteiger partial charge on any atom is -0.481 e. The maximum Gasteiger partial charge on any atom is 0.419 e. The molecule has 0 saturated carbocycles. The van der Waals surface area contributed by atoms with Crippen molar-refractivity contribution in [2.24, 2.45) is 0 Å². The third-order valence-electron chi connectivity index (χ3n) is 4.33. The average molecular weight is 389 g/mol. The van der Waals surface area contributed by atoms with Crippen molar-refractivity contribution >= 4 is 11.9 Å². The normalized spacial score (nSPS) is 16.6. The van der Waals surface area contributed by atoms with E-state index in [0.29, 0.717) is 26.1 Å². The average Bonchev–Trinajstić information content (AvgIpc) is 2.62. The SMILES string of the molecule is C[C@@H](Oc1ccccc1C(F)(F)F)C(=O)N(CCC(=O)O)C1CCOCC1. The topological polar surface area (TPSA) is 76.1 Å². The molecule has 0 aliphatic carbocycles. The summed E-state index contributed by atoms with van der Waals surface area (Å²) >= 11 is 0. The number of alkyl halides is 3. The molecule has 1 aliphatic rings. The van der Waals surface area contributed by atoms with E-state index in [2.05, 4.69) is 0 Å². The molecule has 6 nitrogen and oxygen atoms in total. The van der Waals surface area contributed by atoms with Crippen LogP contribution in [0.25, 0.3) is 0 Å². The first-order valence-electron chi connectivity index (χ1n) is 8.63. The summed E-state index contributed by atoms with van der Waals surface area (Å²) in [6.45, 7) is 2.21. The van der Waals surface area contributed by atoms with Gasteiger partial charge in [0, 0.05) is 25.8 Å². The van der Waals surface area contributed by atoms with Crippen molar-refractivity contribution < 1.29 is 37.3 Å². The van der Waals surface area contributed by atoms with Crippen LogP contribution in [0.2, 0.25) is 0 Å². The van der Waals surface area contributed by atoms with Gasteiger partial charge in [-0.05, 0) is 31.9 Å². The maximum absolute atomic E-state index is 13.1. The van der Waals surface area contributed by atoms with Crippen molar-refractivity contribution in [3.8, 4) is 5.75 Å². The number of para-hydroxylation sites is 1. The molecule has 9 heteroatoms. The molecule has 27 heavy (non-hydrogen) atoms. The second-order valence-electron chi connectivity index (χ2n) is 6.27. The number of aliphatic carboxylic acids is 1. The highest BCUT2D eigenvalue weighted by atomic mass is 19.4. The third kappa shape index (κ3) is 5.85. The lowest BCUT2D eigenvalue weighted by Gasteiger charge is -2.35. The summed E-state index contributed by atoms with van der Waals surface area (Å²) in [5.74, 6) is -2.04. The number of rotatable bonds is 7. The van der Waals surface area contributed by atoms with Crippen LogP contribution in [0, 0.1) is 0 Å². The van der Waals surface area contributed by atoms with Crippen molar-refractivity contribution in [3.63, 3.8) is 0 Å². The summed E-state index contributed by atoms with van der Waals surface area (Å²) in [6.07, 6.45) is -4.97. The third-order valence-corrected chi connectivity index (χ3v) is 4.33. The first kappa shape index (κ1) is 21.0. The molecule has 0 radical (unpaired) electrons. The summed E-state index contributed by atoms with van der Waals surface area (Å²) < 4.78 is 49.9. The van der Waals surface area contributed by atoms with Crippen LogP contribution >= 0.6 is 0 Å². The molecule has 0 spiro atoms. The molecule has 1 fully saturated rings. The highest BCUT2D eigenvalue weighted by molar-refractivity contribution is 5.81. The van der Waals surface area contributed by atoms with E-state index < -0.39 is 35.5 Å².